The van der Waals surface area contributed by atoms with E-state index in [9.17, 15) is 13.2 Å². The Labute approximate surface area is 210 Å². The molecular formula is C27H27ClO6S. The van der Waals surface area contributed by atoms with Gasteiger partial charge in [-0.25, -0.2) is 8.42 Å². The smallest absolute Gasteiger partial charge is 0.313 e. The molecule has 0 bridgehead atoms. The van der Waals surface area contributed by atoms with E-state index in [0.717, 1.165) is 5.56 Å². The average molecular weight is 515 g/mol. The van der Waals surface area contributed by atoms with Crippen LogP contribution >= 0.6 is 11.6 Å². The first kappa shape index (κ1) is 25.2. The number of hydrogen-bond acceptors (Lipinski definition) is 6. The van der Waals surface area contributed by atoms with E-state index in [0.29, 0.717) is 29.5 Å². The number of carbonyl (C=O) groups excluding carboxylic acids is 1. The molecular weight excluding hydrogens is 488 g/mol. The zero-order chi connectivity index (χ0) is 24.9. The second kappa shape index (κ2) is 10.8. The van der Waals surface area contributed by atoms with Crippen LogP contribution in [-0.2, 0) is 30.5 Å². The molecule has 0 saturated carbocycles. The molecule has 184 valence electrons. The predicted molar refractivity (Wildman–Crippen MR) is 134 cm³/mol. The zero-order valence-electron chi connectivity index (χ0n) is 19.4. The van der Waals surface area contributed by atoms with Crippen LogP contribution in [0.5, 0.6) is 11.5 Å². The Morgan fingerprint density at radius 2 is 1.63 bits per heavy atom. The van der Waals surface area contributed by atoms with Gasteiger partial charge >= 0.3 is 5.97 Å². The molecule has 4 rings (SSSR count). The molecule has 6 nitrogen and oxygen atoms in total. The van der Waals surface area contributed by atoms with Crippen LogP contribution in [0.25, 0.3) is 0 Å². The summed E-state index contributed by atoms with van der Waals surface area (Å²) in [6.07, 6.45) is 0.785. The van der Waals surface area contributed by atoms with Crippen LogP contribution in [0, 0.1) is 11.3 Å². The number of sulfone groups is 1. The molecule has 0 aromatic heterocycles. The first-order chi connectivity index (χ1) is 16.8. The molecule has 0 radical (unpaired) electrons. The molecule has 3 aromatic rings. The van der Waals surface area contributed by atoms with Crippen LogP contribution in [0.4, 0.5) is 0 Å². The van der Waals surface area contributed by atoms with Gasteiger partial charge < -0.3 is 14.2 Å². The maximum Gasteiger partial charge on any atom is 0.313 e. The van der Waals surface area contributed by atoms with Crippen molar-refractivity contribution in [3.63, 3.8) is 0 Å². The fourth-order valence-electron chi connectivity index (χ4n) is 4.49. The van der Waals surface area contributed by atoms with E-state index in [1.165, 1.54) is 19.2 Å². The second-order valence-electron chi connectivity index (χ2n) is 8.65. The molecule has 0 aliphatic carbocycles. The predicted octanol–water partition coefficient (Wildman–Crippen LogP) is 5.34. The van der Waals surface area contributed by atoms with Crippen molar-refractivity contribution in [1.82, 2.24) is 0 Å². The number of carbonyl (C=O) groups is 1. The first-order valence-electron chi connectivity index (χ1n) is 11.3. The lowest BCUT2D eigenvalue weighted by molar-refractivity contribution is -0.163. The minimum absolute atomic E-state index is 0.120. The Bertz CT molecular complexity index is 1240. The molecule has 3 aromatic carbocycles. The number of rotatable bonds is 8. The lowest BCUT2D eigenvalue weighted by Crippen LogP contribution is -2.51. The number of esters is 1. The number of ether oxygens (including phenoxy) is 3. The van der Waals surface area contributed by atoms with Gasteiger partial charge in [-0.05, 0) is 66.9 Å². The first-order valence-corrected chi connectivity index (χ1v) is 13.3. The third kappa shape index (κ3) is 5.86. The van der Waals surface area contributed by atoms with Crippen molar-refractivity contribution in [1.29, 1.82) is 0 Å². The summed E-state index contributed by atoms with van der Waals surface area (Å²) in [4.78, 5) is 13.2. The van der Waals surface area contributed by atoms with Gasteiger partial charge in [0.25, 0.3) is 0 Å². The van der Waals surface area contributed by atoms with Crippen molar-refractivity contribution in [2.45, 2.75) is 17.7 Å². The lowest BCUT2D eigenvalue weighted by Gasteiger charge is -2.41. The van der Waals surface area contributed by atoms with Gasteiger partial charge in [-0.3, -0.25) is 4.79 Å². The van der Waals surface area contributed by atoms with Crippen LogP contribution < -0.4 is 4.74 Å². The van der Waals surface area contributed by atoms with Crippen molar-refractivity contribution in [2.75, 3.05) is 26.1 Å². The van der Waals surface area contributed by atoms with Gasteiger partial charge in [0.2, 0.25) is 0 Å². The van der Waals surface area contributed by atoms with E-state index < -0.39 is 21.2 Å². The second-order valence-corrected chi connectivity index (χ2v) is 11.1. The Balaban J connectivity index is 1.58. The summed E-state index contributed by atoms with van der Waals surface area (Å²) in [5.41, 5.74) is -0.197. The van der Waals surface area contributed by atoms with E-state index in [4.69, 9.17) is 25.8 Å². The normalized spacial score (nSPS) is 20.2. The van der Waals surface area contributed by atoms with Gasteiger partial charge in [-0.1, -0.05) is 41.9 Å². The summed E-state index contributed by atoms with van der Waals surface area (Å²) in [6.45, 7) is 0.581. The Kier molecular flexibility index (Phi) is 7.79. The quantitative estimate of drug-likeness (QED) is 0.377. The number of benzene rings is 3. The summed E-state index contributed by atoms with van der Waals surface area (Å²) in [6, 6.07) is 22.7. The van der Waals surface area contributed by atoms with Crippen molar-refractivity contribution in [3.05, 3.63) is 89.4 Å². The molecule has 2 atom stereocenters. The third-order valence-electron chi connectivity index (χ3n) is 6.39. The average Bonchev–Trinajstić information content (AvgIpc) is 2.87. The number of hydrogen-bond donors (Lipinski definition) is 0. The summed E-state index contributed by atoms with van der Waals surface area (Å²) in [7, 11) is -2.52. The van der Waals surface area contributed by atoms with Crippen molar-refractivity contribution < 1.29 is 27.4 Å². The fourth-order valence-corrected chi connectivity index (χ4v) is 6.51. The van der Waals surface area contributed by atoms with Gasteiger partial charge in [-0.2, -0.15) is 0 Å². The molecule has 1 fully saturated rings. The van der Waals surface area contributed by atoms with Crippen LogP contribution in [0.15, 0.2) is 83.8 Å². The zero-order valence-corrected chi connectivity index (χ0v) is 20.9. The molecule has 1 aliphatic heterocycles. The number of methoxy groups -OCH3 is 1. The van der Waals surface area contributed by atoms with Crippen molar-refractivity contribution >= 4 is 27.4 Å². The summed E-state index contributed by atoms with van der Waals surface area (Å²) >= 11 is 5.90. The van der Waals surface area contributed by atoms with Gasteiger partial charge in [0.1, 0.15) is 11.5 Å². The highest BCUT2D eigenvalue weighted by atomic mass is 35.5. The topological polar surface area (TPSA) is 78.9 Å². The SMILES string of the molecule is COC(=O)C1(CS(=O)(=O)c2ccc(Oc3ccc(Cl)cc3)cc2)CCOCC1Cc1ccccc1. The maximum atomic E-state index is 13.5. The highest BCUT2D eigenvalue weighted by Gasteiger charge is 2.51. The molecule has 8 heteroatoms. The van der Waals surface area contributed by atoms with E-state index in [-0.39, 0.29) is 29.6 Å². The minimum atomic E-state index is -3.82. The van der Waals surface area contributed by atoms with E-state index in [1.807, 2.05) is 30.3 Å². The Hall–Kier alpha value is -2.87. The fraction of sp³-hybridized carbons (Fsp3) is 0.296. The molecule has 1 heterocycles. The summed E-state index contributed by atoms with van der Waals surface area (Å²) in [5.74, 6) is -0.144. The summed E-state index contributed by atoms with van der Waals surface area (Å²) in [5, 5.41) is 0.594. The third-order valence-corrected chi connectivity index (χ3v) is 8.53. The molecule has 0 N–H and O–H groups in total. The Morgan fingerprint density at radius 1 is 1.00 bits per heavy atom. The van der Waals surface area contributed by atoms with Crippen molar-refractivity contribution in [3.8, 4) is 11.5 Å². The minimum Gasteiger partial charge on any atom is -0.469 e. The molecule has 1 aliphatic rings. The van der Waals surface area contributed by atoms with E-state index >= 15 is 0 Å². The molecule has 0 spiro atoms. The van der Waals surface area contributed by atoms with Gasteiger partial charge in [0.15, 0.2) is 9.84 Å². The largest absolute Gasteiger partial charge is 0.469 e. The van der Waals surface area contributed by atoms with Crippen LogP contribution in [0.1, 0.15) is 12.0 Å². The molecule has 0 amide bonds. The monoisotopic (exact) mass is 514 g/mol. The maximum absolute atomic E-state index is 13.5. The van der Waals surface area contributed by atoms with Crippen LogP contribution in [0.3, 0.4) is 0 Å². The van der Waals surface area contributed by atoms with Crippen molar-refractivity contribution in [2.24, 2.45) is 11.3 Å². The van der Waals surface area contributed by atoms with Crippen LogP contribution in [0.2, 0.25) is 5.02 Å². The Morgan fingerprint density at radius 3 is 2.26 bits per heavy atom. The molecule has 2 unspecified atom stereocenters. The highest BCUT2D eigenvalue weighted by Crippen LogP contribution is 2.41. The van der Waals surface area contributed by atoms with Gasteiger partial charge in [-0.15, -0.1) is 0 Å². The standard InChI is InChI=1S/C27H27ClO6S/c1-32-26(29)27(15-16-33-18-21(27)17-20-5-3-2-4-6-20)19-35(30,31)25-13-11-24(12-14-25)34-23-9-7-22(28)8-10-23/h2-14,21H,15-19H2,1H3. The van der Waals surface area contributed by atoms with Gasteiger partial charge in [0.05, 0.1) is 29.8 Å². The lowest BCUT2D eigenvalue weighted by atomic mass is 9.71. The number of halogens is 1. The van der Waals surface area contributed by atoms with E-state index in [1.54, 1.807) is 36.4 Å². The van der Waals surface area contributed by atoms with Gasteiger partial charge in [0, 0.05) is 17.5 Å². The summed E-state index contributed by atoms with van der Waals surface area (Å²) < 4.78 is 43.6. The molecule has 1 saturated heterocycles. The molecule has 35 heavy (non-hydrogen) atoms. The van der Waals surface area contributed by atoms with Crippen LogP contribution in [-0.4, -0.2) is 40.5 Å². The van der Waals surface area contributed by atoms with E-state index in [2.05, 4.69) is 0 Å². The highest BCUT2D eigenvalue weighted by molar-refractivity contribution is 7.91.